The minimum absolute atomic E-state index is 0.411. The standard InChI is InChI=1S/C14H13ClN2O2S/c15-14-5-2-10(16-17-14)9-20-11-3-4-12-13(8-11)19-7-1-6-18-12/h2-5,8H,1,6-7,9H2. The van der Waals surface area contributed by atoms with E-state index in [9.17, 15) is 0 Å². The topological polar surface area (TPSA) is 44.2 Å². The Balaban J connectivity index is 1.68. The summed E-state index contributed by atoms with van der Waals surface area (Å²) in [5.74, 6) is 2.37. The number of rotatable bonds is 3. The Labute approximate surface area is 126 Å². The lowest BCUT2D eigenvalue weighted by molar-refractivity contribution is 0.297. The van der Waals surface area contributed by atoms with Crippen LogP contribution >= 0.6 is 23.4 Å². The van der Waals surface area contributed by atoms with Gasteiger partial charge in [0.2, 0.25) is 0 Å². The van der Waals surface area contributed by atoms with E-state index in [4.69, 9.17) is 21.1 Å². The van der Waals surface area contributed by atoms with E-state index in [-0.39, 0.29) is 0 Å². The molecule has 6 heteroatoms. The van der Waals surface area contributed by atoms with E-state index in [1.165, 1.54) is 0 Å². The molecule has 0 saturated carbocycles. The van der Waals surface area contributed by atoms with Crippen LogP contribution in [-0.2, 0) is 5.75 Å². The lowest BCUT2D eigenvalue weighted by Gasteiger charge is -2.08. The van der Waals surface area contributed by atoms with Gasteiger partial charge >= 0.3 is 0 Å². The van der Waals surface area contributed by atoms with E-state index in [0.29, 0.717) is 18.4 Å². The average molecular weight is 309 g/mol. The summed E-state index contributed by atoms with van der Waals surface area (Å²) in [4.78, 5) is 1.12. The van der Waals surface area contributed by atoms with Crippen molar-refractivity contribution in [3.8, 4) is 11.5 Å². The second-order valence-corrected chi connectivity index (χ2v) is 5.73. The summed E-state index contributed by atoms with van der Waals surface area (Å²) in [6, 6.07) is 9.62. The second-order valence-electron chi connectivity index (χ2n) is 4.30. The molecule has 1 aromatic carbocycles. The molecule has 0 radical (unpaired) electrons. The molecule has 2 aromatic rings. The average Bonchev–Trinajstić information content (AvgIpc) is 2.71. The van der Waals surface area contributed by atoms with Crippen LogP contribution in [0.5, 0.6) is 11.5 Å². The Hall–Kier alpha value is -1.46. The zero-order chi connectivity index (χ0) is 13.8. The number of benzene rings is 1. The van der Waals surface area contributed by atoms with Crippen molar-refractivity contribution < 1.29 is 9.47 Å². The van der Waals surface area contributed by atoms with Gasteiger partial charge in [0.1, 0.15) is 0 Å². The molecule has 0 spiro atoms. The van der Waals surface area contributed by atoms with Gasteiger partial charge in [0.25, 0.3) is 0 Å². The van der Waals surface area contributed by atoms with Crippen LogP contribution in [0.15, 0.2) is 35.2 Å². The van der Waals surface area contributed by atoms with Crippen LogP contribution in [0.4, 0.5) is 0 Å². The number of hydrogen-bond acceptors (Lipinski definition) is 5. The molecule has 104 valence electrons. The summed E-state index contributed by atoms with van der Waals surface area (Å²) in [5, 5.41) is 8.28. The van der Waals surface area contributed by atoms with Gasteiger partial charge in [-0.2, -0.15) is 5.10 Å². The molecule has 4 nitrogen and oxygen atoms in total. The fraction of sp³-hybridized carbons (Fsp3) is 0.286. The quantitative estimate of drug-likeness (QED) is 0.811. The van der Waals surface area contributed by atoms with Gasteiger partial charge in [0.05, 0.1) is 18.9 Å². The van der Waals surface area contributed by atoms with E-state index >= 15 is 0 Å². The van der Waals surface area contributed by atoms with E-state index in [1.54, 1.807) is 17.8 Å². The van der Waals surface area contributed by atoms with Crippen LogP contribution in [0.25, 0.3) is 0 Å². The Bertz CT molecular complexity index is 592. The maximum absolute atomic E-state index is 5.71. The zero-order valence-corrected chi connectivity index (χ0v) is 12.3. The molecule has 3 rings (SSSR count). The molecule has 0 saturated heterocycles. The van der Waals surface area contributed by atoms with Crippen molar-refractivity contribution in [1.82, 2.24) is 10.2 Å². The normalized spacial score (nSPS) is 13.8. The van der Waals surface area contributed by atoms with Gasteiger partial charge in [-0.15, -0.1) is 16.9 Å². The molecule has 0 amide bonds. The lowest BCUT2D eigenvalue weighted by Crippen LogP contribution is -1.97. The highest BCUT2D eigenvalue weighted by Crippen LogP contribution is 2.34. The van der Waals surface area contributed by atoms with Gasteiger partial charge in [0.15, 0.2) is 16.7 Å². The predicted octanol–water partition coefficient (Wildman–Crippen LogP) is 3.58. The Morgan fingerprint density at radius 3 is 2.70 bits per heavy atom. The molecule has 0 unspecified atom stereocenters. The smallest absolute Gasteiger partial charge is 0.162 e. The molecular formula is C14H13ClN2O2S. The van der Waals surface area contributed by atoms with Crippen LogP contribution < -0.4 is 9.47 Å². The summed E-state index contributed by atoms with van der Waals surface area (Å²) in [6.45, 7) is 1.41. The SMILES string of the molecule is Clc1ccc(CSc2ccc3c(c2)OCCCO3)nn1. The fourth-order valence-electron chi connectivity index (χ4n) is 1.81. The van der Waals surface area contributed by atoms with Gasteiger partial charge < -0.3 is 9.47 Å². The fourth-order valence-corrected chi connectivity index (χ4v) is 2.74. The molecule has 2 heterocycles. The maximum Gasteiger partial charge on any atom is 0.162 e. The number of aromatic nitrogens is 2. The largest absolute Gasteiger partial charge is 0.490 e. The third-order valence-corrected chi connectivity index (χ3v) is 4.02. The first-order chi connectivity index (χ1) is 9.81. The molecule has 1 aliphatic heterocycles. The van der Waals surface area contributed by atoms with E-state index in [0.717, 1.165) is 34.3 Å². The first-order valence-corrected chi connectivity index (χ1v) is 7.68. The van der Waals surface area contributed by atoms with Crippen molar-refractivity contribution >= 4 is 23.4 Å². The summed E-state index contributed by atoms with van der Waals surface area (Å²) >= 11 is 7.39. The van der Waals surface area contributed by atoms with E-state index < -0.39 is 0 Å². The van der Waals surface area contributed by atoms with Crippen LogP contribution in [0, 0.1) is 0 Å². The second kappa shape index (κ2) is 6.33. The van der Waals surface area contributed by atoms with Crippen molar-refractivity contribution in [2.75, 3.05) is 13.2 Å². The van der Waals surface area contributed by atoms with E-state index in [1.807, 2.05) is 24.3 Å². The molecule has 0 atom stereocenters. The maximum atomic E-state index is 5.71. The molecule has 1 aliphatic rings. The Morgan fingerprint density at radius 1 is 1.05 bits per heavy atom. The highest BCUT2D eigenvalue weighted by atomic mass is 35.5. The minimum atomic E-state index is 0.411. The van der Waals surface area contributed by atoms with Crippen LogP contribution in [-0.4, -0.2) is 23.4 Å². The van der Waals surface area contributed by atoms with Crippen molar-refractivity contribution in [1.29, 1.82) is 0 Å². The van der Waals surface area contributed by atoms with Crippen LogP contribution in [0.1, 0.15) is 12.1 Å². The third kappa shape index (κ3) is 3.35. The van der Waals surface area contributed by atoms with Crippen LogP contribution in [0.3, 0.4) is 0 Å². The molecule has 0 bridgehead atoms. The monoisotopic (exact) mass is 308 g/mol. The number of thioether (sulfide) groups is 1. The Morgan fingerprint density at radius 2 is 1.90 bits per heavy atom. The van der Waals surface area contributed by atoms with E-state index in [2.05, 4.69) is 10.2 Å². The minimum Gasteiger partial charge on any atom is -0.490 e. The van der Waals surface area contributed by atoms with Gasteiger partial charge in [0, 0.05) is 17.1 Å². The summed E-state index contributed by atoms with van der Waals surface area (Å²) < 4.78 is 11.3. The number of hydrogen-bond donors (Lipinski definition) is 0. The zero-order valence-electron chi connectivity index (χ0n) is 10.7. The van der Waals surface area contributed by atoms with Gasteiger partial charge in [-0.25, -0.2) is 0 Å². The lowest BCUT2D eigenvalue weighted by atomic mass is 10.3. The molecule has 1 aromatic heterocycles. The molecule has 20 heavy (non-hydrogen) atoms. The predicted molar refractivity (Wildman–Crippen MR) is 78.7 cm³/mol. The molecule has 0 fully saturated rings. The summed E-state index contributed by atoms with van der Waals surface area (Å²) in [7, 11) is 0. The first-order valence-electron chi connectivity index (χ1n) is 6.32. The molecule has 0 aliphatic carbocycles. The highest BCUT2D eigenvalue weighted by Gasteiger charge is 2.11. The number of fused-ring (bicyclic) bond motifs is 1. The third-order valence-electron chi connectivity index (χ3n) is 2.79. The van der Waals surface area contributed by atoms with Gasteiger partial charge in [-0.05, 0) is 30.3 Å². The molecular weight excluding hydrogens is 296 g/mol. The highest BCUT2D eigenvalue weighted by molar-refractivity contribution is 7.98. The van der Waals surface area contributed by atoms with Crippen molar-refractivity contribution in [2.45, 2.75) is 17.1 Å². The number of halogens is 1. The summed E-state index contributed by atoms with van der Waals surface area (Å²) in [6.07, 6.45) is 0.914. The molecule has 0 N–H and O–H groups in total. The van der Waals surface area contributed by atoms with Crippen molar-refractivity contribution in [3.05, 3.63) is 41.2 Å². The first kappa shape index (κ1) is 13.5. The van der Waals surface area contributed by atoms with Crippen molar-refractivity contribution in [2.24, 2.45) is 0 Å². The summed E-state index contributed by atoms with van der Waals surface area (Å²) in [5.41, 5.74) is 0.895. The van der Waals surface area contributed by atoms with Crippen LogP contribution in [0.2, 0.25) is 5.15 Å². The van der Waals surface area contributed by atoms with Gasteiger partial charge in [-0.1, -0.05) is 11.6 Å². The number of nitrogens with zero attached hydrogens (tertiary/aromatic N) is 2. The Kier molecular flexibility index (Phi) is 4.28. The van der Waals surface area contributed by atoms with Gasteiger partial charge in [-0.3, -0.25) is 0 Å². The van der Waals surface area contributed by atoms with Crippen molar-refractivity contribution in [3.63, 3.8) is 0 Å². The number of ether oxygens (including phenoxy) is 2.